The highest BCUT2D eigenvalue weighted by atomic mass is 16.3. The van der Waals surface area contributed by atoms with Crippen LogP contribution in [0.1, 0.15) is 23.2 Å². The number of anilines is 2. The van der Waals surface area contributed by atoms with Gasteiger partial charge in [-0.25, -0.2) is 0 Å². The molecule has 0 aliphatic carbocycles. The standard InChI is InChI=1S/C12H17N3O2/c13-11-9(12(14)17)4-1-5-10(11)15-6-2-3-8(16)7-15/h1,4-5,8,16H,2-3,6-7,13H2,(H2,14,17). The van der Waals surface area contributed by atoms with Gasteiger partial charge >= 0.3 is 0 Å². The molecular formula is C12H17N3O2. The van der Waals surface area contributed by atoms with Crippen LogP contribution in [0.3, 0.4) is 0 Å². The maximum Gasteiger partial charge on any atom is 0.250 e. The van der Waals surface area contributed by atoms with Crippen LogP contribution in [-0.4, -0.2) is 30.2 Å². The highest BCUT2D eigenvalue weighted by Crippen LogP contribution is 2.28. The maximum absolute atomic E-state index is 11.2. The van der Waals surface area contributed by atoms with Crippen LogP contribution in [0.25, 0.3) is 0 Å². The number of para-hydroxylation sites is 1. The molecule has 1 unspecified atom stereocenters. The van der Waals surface area contributed by atoms with Crippen molar-refractivity contribution in [2.45, 2.75) is 18.9 Å². The van der Waals surface area contributed by atoms with Gasteiger partial charge in [-0.2, -0.15) is 0 Å². The number of carbonyl (C=O) groups excluding carboxylic acids is 1. The van der Waals surface area contributed by atoms with Gasteiger partial charge in [0.15, 0.2) is 0 Å². The number of aliphatic hydroxyl groups is 1. The minimum atomic E-state index is -0.526. The molecule has 1 atom stereocenters. The van der Waals surface area contributed by atoms with Crippen LogP contribution >= 0.6 is 0 Å². The molecule has 0 radical (unpaired) electrons. The van der Waals surface area contributed by atoms with Crippen molar-refractivity contribution in [3.8, 4) is 0 Å². The fourth-order valence-corrected chi connectivity index (χ4v) is 2.22. The van der Waals surface area contributed by atoms with Crippen LogP contribution in [0.5, 0.6) is 0 Å². The van der Waals surface area contributed by atoms with Gasteiger partial charge in [-0.1, -0.05) is 6.07 Å². The fraction of sp³-hybridized carbons (Fsp3) is 0.417. The molecule has 92 valence electrons. The van der Waals surface area contributed by atoms with Gasteiger partial charge in [-0.3, -0.25) is 4.79 Å². The Balaban J connectivity index is 2.32. The van der Waals surface area contributed by atoms with Gasteiger partial charge in [-0.15, -0.1) is 0 Å². The number of aliphatic hydroxyl groups excluding tert-OH is 1. The summed E-state index contributed by atoms with van der Waals surface area (Å²) in [5.74, 6) is -0.526. The second-order valence-electron chi connectivity index (χ2n) is 4.34. The fourth-order valence-electron chi connectivity index (χ4n) is 2.22. The van der Waals surface area contributed by atoms with Crippen molar-refractivity contribution in [1.82, 2.24) is 0 Å². The molecule has 1 saturated heterocycles. The predicted molar refractivity (Wildman–Crippen MR) is 66.8 cm³/mol. The average molecular weight is 235 g/mol. The van der Waals surface area contributed by atoms with Crippen molar-refractivity contribution < 1.29 is 9.90 Å². The zero-order chi connectivity index (χ0) is 12.4. The van der Waals surface area contributed by atoms with E-state index in [0.717, 1.165) is 25.1 Å². The highest BCUT2D eigenvalue weighted by Gasteiger charge is 2.21. The lowest BCUT2D eigenvalue weighted by Crippen LogP contribution is -2.38. The first-order valence-electron chi connectivity index (χ1n) is 5.71. The molecule has 5 N–H and O–H groups in total. The Morgan fingerprint density at radius 1 is 1.47 bits per heavy atom. The van der Waals surface area contributed by atoms with Crippen molar-refractivity contribution in [3.05, 3.63) is 23.8 Å². The molecule has 1 heterocycles. The van der Waals surface area contributed by atoms with Gasteiger partial charge in [-0.05, 0) is 25.0 Å². The minimum absolute atomic E-state index is 0.333. The minimum Gasteiger partial charge on any atom is -0.396 e. The number of carbonyl (C=O) groups is 1. The number of amides is 1. The summed E-state index contributed by atoms with van der Waals surface area (Å²) in [6.45, 7) is 1.38. The topological polar surface area (TPSA) is 92.6 Å². The number of nitrogens with two attached hydrogens (primary N) is 2. The van der Waals surface area contributed by atoms with Crippen LogP contribution < -0.4 is 16.4 Å². The van der Waals surface area contributed by atoms with E-state index in [0.29, 0.717) is 17.8 Å². The van der Waals surface area contributed by atoms with E-state index in [1.807, 2.05) is 11.0 Å². The summed E-state index contributed by atoms with van der Waals surface area (Å²) in [6, 6.07) is 5.22. The molecule has 17 heavy (non-hydrogen) atoms. The number of hydrogen-bond donors (Lipinski definition) is 3. The molecule has 0 bridgehead atoms. The Morgan fingerprint density at radius 3 is 2.88 bits per heavy atom. The SMILES string of the molecule is NC(=O)c1cccc(N2CCCC(O)C2)c1N. The Labute approximate surface area is 100 Å². The molecular weight excluding hydrogens is 218 g/mol. The Kier molecular flexibility index (Phi) is 3.19. The third-order valence-electron chi connectivity index (χ3n) is 3.09. The third-order valence-corrected chi connectivity index (χ3v) is 3.09. The highest BCUT2D eigenvalue weighted by molar-refractivity contribution is 6.00. The number of primary amides is 1. The normalized spacial score (nSPS) is 20.3. The molecule has 1 aromatic rings. The third kappa shape index (κ3) is 2.34. The number of β-amino-alcohol motifs (C(OH)–C–C–N with tert-alkyl or cyclic N) is 1. The smallest absolute Gasteiger partial charge is 0.250 e. The molecule has 0 spiro atoms. The quantitative estimate of drug-likeness (QED) is 0.644. The number of nitrogens with zero attached hydrogens (tertiary/aromatic N) is 1. The number of hydrogen-bond acceptors (Lipinski definition) is 4. The molecule has 2 rings (SSSR count). The Hall–Kier alpha value is -1.75. The van der Waals surface area contributed by atoms with Crippen LogP contribution in [0, 0.1) is 0 Å². The first-order valence-corrected chi connectivity index (χ1v) is 5.71. The lowest BCUT2D eigenvalue weighted by Gasteiger charge is -2.33. The largest absolute Gasteiger partial charge is 0.396 e. The molecule has 5 heteroatoms. The van der Waals surface area contributed by atoms with Crippen molar-refractivity contribution in [3.63, 3.8) is 0 Å². The van der Waals surface area contributed by atoms with E-state index in [4.69, 9.17) is 11.5 Å². The van der Waals surface area contributed by atoms with Crippen molar-refractivity contribution >= 4 is 17.3 Å². The maximum atomic E-state index is 11.2. The van der Waals surface area contributed by atoms with E-state index < -0.39 is 5.91 Å². The summed E-state index contributed by atoms with van der Waals surface area (Å²) >= 11 is 0. The summed E-state index contributed by atoms with van der Waals surface area (Å²) < 4.78 is 0. The lowest BCUT2D eigenvalue weighted by atomic mass is 10.1. The van der Waals surface area contributed by atoms with Crippen molar-refractivity contribution in [2.24, 2.45) is 5.73 Å². The average Bonchev–Trinajstić information content (AvgIpc) is 2.29. The van der Waals surface area contributed by atoms with E-state index in [1.165, 1.54) is 0 Å². The predicted octanol–water partition coefficient (Wildman–Crippen LogP) is 0.329. The van der Waals surface area contributed by atoms with Crippen LogP contribution in [0.2, 0.25) is 0 Å². The molecule has 0 aromatic heterocycles. The first kappa shape index (κ1) is 11.7. The summed E-state index contributed by atoms with van der Waals surface area (Å²) in [7, 11) is 0. The Morgan fingerprint density at radius 2 is 2.24 bits per heavy atom. The van der Waals surface area contributed by atoms with Gasteiger partial charge in [0.2, 0.25) is 0 Å². The van der Waals surface area contributed by atoms with Gasteiger partial charge in [0, 0.05) is 13.1 Å². The molecule has 1 aliphatic heterocycles. The van der Waals surface area contributed by atoms with Crippen LogP contribution in [0.15, 0.2) is 18.2 Å². The van der Waals surface area contributed by atoms with E-state index >= 15 is 0 Å². The van der Waals surface area contributed by atoms with E-state index in [1.54, 1.807) is 12.1 Å². The second kappa shape index (κ2) is 4.63. The monoisotopic (exact) mass is 235 g/mol. The van der Waals surface area contributed by atoms with Gasteiger partial charge in [0.1, 0.15) is 0 Å². The van der Waals surface area contributed by atoms with Gasteiger partial charge in [0.25, 0.3) is 5.91 Å². The Bertz CT molecular complexity index is 434. The number of nitrogen functional groups attached to an aromatic ring is 1. The van der Waals surface area contributed by atoms with Gasteiger partial charge in [0.05, 0.1) is 23.0 Å². The summed E-state index contributed by atoms with van der Waals surface area (Å²) in [4.78, 5) is 13.2. The molecule has 1 amide bonds. The molecule has 1 fully saturated rings. The first-order chi connectivity index (χ1) is 8.09. The summed E-state index contributed by atoms with van der Waals surface area (Å²) in [6.07, 6.45) is 1.40. The van der Waals surface area contributed by atoms with E-state index in [9.17, 15) is 9.90 Å². The number of rotatable bonds is 2. The second-order valence-corrected chi connectivity index (χ2v) is 4.34. The number of piperidine rings is 1. The van der Waals surface area contributed by atoms with Crippen LogP contribution in [0.4, 0.5) is 11.4 Å². The zero-order valence-electron chi connectivity index (χ0n) is 9.60. The summed E-state index contributed by atoms with van der Waals surface area (Å²) in [5.41, 5.74) is 12.7. The van der Waals surface area contributed by atoms with E-state index in [-0.39, 0.29) is 6.10 Å². The lowest BCUT2D eigenvalue weighted by molar-refractivity contribution is 0.100. The molecule has 1 aliphatic rings. The van der Waals surface area contributed by atoms with Gasteiger partial charge < -0.3 is 21.5 Å². The zero-order valence-corrected chi connectivity index (χ0v) is 9.60. The van der Waals surface area contributed by atoms with Crippen LogP contribution in [-0.2, 0) is 0 Å². The summed E-state index contributed by atoms with van der Waals surface area (Å²) in [5, 5.41) is 9.64. The van der Waals surface area contributed by atoms with Crippen molar-refractivity contribution in [2.75, 3.05) is 23.7 Å². The molecule has 0 saturated carbocycles. The van der Waals surface area contributed by atoms with E-state index in [2.05, 4.69) is 0 Å². The van der Waals surface area contributed by atoms with Crippen molar-refractivity contribution in [1.29, 1.82) is 0 Å². The number of benzene rings is 1. The molecule has 1 aromatic carbocycles. The molecule has 5 nitrogen and oxygen atoms in total.